The van der Waals surface area contributed by atoms with Crippen LogP contribution < -0.4 is 14.8 Å². The van der Waals surface area contributed by atoms with Crippen molar-refractivity contribution in [3.05, 3.63) is 36.2 Å². The van der Waals surface area contributed by atoms with Crippen molar-refractivity contribution in [2.75, 3.05) is 32.8 Å². The highest BCUT2D eigenvalue weighted by Crippen LogP contribution is 2.24. The number of benzene rings is 1. The topological polar surface area (TPSA) is 74.6 Å². The molecule has 1 N–H and O–H groups in total. The Labute approximate surface area is 140 Å². The van der Waals surface area contributed by atoms with Gasteiger partial charge >= 0.3 is 0 Å². The minimum atomic E-state index is -0.237. The third kappa shape index (κ3) is 3.68. The molecule has 0 aliphatic carbocycles. The van der Waals surface area contributed by atoms with Gasteiger partial charge in [-0.3, -0.25) is 9.48 Å². The summed E-state index contributed by atoms with van der Waals surface area (Å²) in [6.07, 6.45) is 5.38. The number of rotatable bonds is 5. The van der Waals surface area contributed by atoms with E-state index in [1.807, 2.05) is 10.9 Å². The summed E-state index contributed by atoms with van der Waals surface area (Å²) in [5.74, 6) is 0.897. The number of nitrogens with zero attached hydrogens (tertiary/aromatic N) is 2. The molecule has 7 heteroatoms. The molecule has 3 rings (SSSR count). The summed E-state index contributed by atoms with van der Waals surface area (Å²) in [4.78, 5) is 12.5. The van der Waals surface area contributed by atoms with Crippen LogP contribution in [0.15, 0.2) is 30.6 Å². The van der Waals surface area contributed by atoms with Gasteiger partial charge in [-0.05, 0) is 25.0 Å². The van der Waals surface area contributed by atoms with Crippen LogP contribution >= 0.6 is 0 Å². The Morgan fingerprint density at radius 2 is 1.88 bits per heavy atom. The molecule has 1 amide bonds. The van der Waals surface area contributed by atoms with Crippen molar-refractivity contribution in [3.63, 3.8) is 0 Å². The highest BCUT2D eigenvalue weighted by Gasteiger charge is 2.17. The Bertz CT molecular complexity index is 685. The van der Waals surface area contributed by atoms with Crippen molar-refractivity contribution in [2.24, 2.45) is 0 Å². The molecule has 0 saturated carbocycles. The van der Waals surface area contributed by atoms with Crippen LogP contribution in [0.4, 0.5) is 5.69 Å². The maximum atomic E-state index is 12.5. The fourth-order valence-electron chi connectivity index (χ4n) is 2.69. The number of hydrogen-bond acceptors (Lipinski definition) is 5. The van der Waals surface area contributed by atoms with E-state index in [1.54, 1.807) is 38.6 Å². The first-order chi connectivity index (χ1) is 11.7. The number of anilines is 1. The van der Waals surface area contributed by atoms with Crippen LogP contribution in [-0.4, -0.2) is 43.1 Å². The molecule has 1 aromatic carbocycles. The summed E-state index contributed by atoms with van der Waals surface area (Å²) >= 11 is 0. The molecule has 1 aliphatic rings. The Morgan fingerprint density at radius 1 is 1.21 bits per heavy atom. The van der Waals surface area contributed by atoms with Crippen LogP contribution in [0.25, 0.3) is 0 Å². The zero-order valence-corrected chi connectivity index (χ0v) is 13.8. The van der Waals surface area contributed by atoms with E-state index in [9.17, 15) is 4.79 Å². The monoisotopic (exact) mass is 331 g/mol. The van der Waals surface area contributed by atoms with Crippen LogP contribution in [0, 0.1) is 0 Å². The molecule has 0 atom stereocenters. The van der Waals surface area contributed by atoms with E-state index in [0.29, 0.717) is 28.8 Å². The van der Waals surface area contributed by atoms with E-state index in [1.165, 1.54) is 0 Å². The smallest absolute Gasteiger partial charge is 0.256 e. The molecule has 24 heavy (non-hydrogen) atoms. The van der Waals surface area contributed by atoms with Gasteiger partial charge in [0.25, 0.3) is 5.91 Å². The first-order valence-electron chi connectivity index (χ1n) is 7.86. The average Bonchev–Trinajstić information content (AvgIpc) is 3.10. The van der Waals surface area contributed by atoms with Crippen LogP contribution in [0.3, 0.4) is 0 Å². The van der Waals surface area contributed by atoms with Gasteiger partial charge in [-0.2, -0.15) is 5.10 Å². The third-order valence-electron chi connectivity index (χ3n) is 4.04. The summed E-state index contributed by atoms with van der Waals surface area (Å²) in [6, 6.07) is 5.38. The predicted octanol–water partition coefficient (Wildman–Crippen LogP) is 2.50. The molecular weight excluding hydrogens is 310 g/mol. The van der Waals surface area contributed by atoms with Gasteiger partial charge in [0.1, 0.15) is 11.5 Å². The molecule has 128 valence electrons. The van der Waals surface area contributed by atoms with Crippen molar-refractivity contribution in [1.82, 2.24) is 9.78 Å². The fourth-order valence-corrected chi connectivity index (χ4v) is 2.69. The number of aromatic nitrogens is 2. The largest absolute Gasteiger partial charge is 0.497 e. The van der Waals surface area contributed by atoms with Crippen molar-refractivity contribution in [3.8, 4) is 11.5 Å². The molecule has 0 radical (unpaired) electrons. The molecular formula is C17H21N3O4. The molecule has 1 aromatic heterocycles. The number of carbonyl (C=O) groups is 1. The number of ether oxygens (including phenoxy) is 3. The quantitative estimate of drug-likeness (QED) is 0.911. The van der Waals surface area contributed by atoms with E-state index in [0.717, 1.165) is 26.1 Å². The Morgan fingerprint density at radius 3 is 2.50 bits per heavy atom. The van der Waals surface area contributed by atoms with Gasteiger partial charge in [-0.1, -0.05) is 0 Å². The molecule has 0 spiro atoms. The van der Waals surface area contributed by atoms with Gasteiger partial charge in [-0.25, -0.2) is 0 Å². The van der Waals surface area contributed by atoms with Gasteiger partial charge in [0.15, 0.2) is 0 Å². The Hall–Kier alpha value is -2.54. The molecule has 1 aliphatic heterocycles. The zero-order valence-electron chi connectivity index (χ0n) is 13.8. The van der Waals surface area contributed by atoms with E-state index >= 15 is 0 Å². The highest BCUT2D eigenvalue weighted by atomic mass is 16.5. The van der Waals surface area contributed by atoms with E-state index in [-0.39, 0.29) is 5.91 Å². The minimum Gasteiger partial charge on any atom is -0.497 e. The molecule has 1 saturated heterocycles. The van der Waals surface area contributed by atoms with Crippen LogP contribution in [0.1, 0.15) is 29.2 Å². The maximum Gasteiger partial charge on any atom is 0.256 e. The van der Waals surface area contributed by atoms with Crippen molar-refractivity contribution in [1.29, 1.82) is 0 Å². The lowest BCUT2D eigenvalue weighted by Crippen LogP contribution is -2.19. The molecule has 0 unspecified atom stereocenters. The number of nitrogens with one attached hydrogen (secondary N) is 1. The van der Waals surface area contributed by atoms with Crippen LogP contribution in [-0.2, 0) is 4.74 Å². The lowest BCUT2D eigenvalue weighted by Gasteiger charge is -2.22. The van der Waals surface area contributed by atoms with Gasteiger partial charge in [-0.15, -0.1) is 0 Å². The first kappa shape index (κ1) is 16.3. The number of hydrogen-bond donors (Lipinski definition) is 1. The second-order valence-corrected chi connectivity index (χ2v) is 5.61. The molecule has 2 aromatic rings. The van der Waals surface area contributed by atoms with Gasteiger partial charge < -0.3 is 19.5 Å². The maximum absolute atomic E-state index is 12.5. The van der Waals surface area contributed by atoms with Gasteiger partial charge in [0.2, 0.25) is 0 Å². The van der Waals surface area contributed by atoms with Crippen molar-refractivity contribution >= 4 is 11.6 Å². The lowest BCUT2D eigenvalue weighted by molar-refractivity contribution is 0.0662. The van der Waals surface area contributed by atoms with Gasteiger partial charge in [0.05, 0.1) is 32.1 Å². The van der Waals surface area contributed by atoms with Crippen LogP contribution in [0.2, 0.25) is 0 Å². The van der Waals surface area contributed by atoms with Crippen molar-refractivity contribution in [2.45, 2.75) is 18.9 Å². The summed E-state index contributed by atoms with van der Waals surface area (Å²) in [5.41, 5.74) is 1.12. The molecule has 0 bridgehead atoms. The third-order valence-corrected chi connectivity index (χ3v) is 4.04. The van der Waals surface area contributed by atoms with E-state index < -0.39 is 0 Å². The first-order valence-corrected chi connectivity index (χ1v) is 7.86. The lowest BCUT2D eigenvalue weighted by atomic mass is 10.1. The van der Waals surface area contributed by atoms with Gasteiger partial charge in [0, 0.05) is 31.0 Å². The highest BCUT2D eigenvalue weighted by molar-refractivity contribution is 6.04. The van der Waals surface area contributed by atoms with Crippen molar-refractivity contribution < 1.29 is 19.0 Å². The normalized spacial score (nSPS) is 15.1. The number of carbonyl (C=O) groups excluding carboxylic acids is 1. The van der Waals surface area contributed by atoms with Crippen LogP contribution in [0.5, 0.6) is 11.5 Å². The Kier molecular flexibility index (Phi) is 5.00. The Balaban J connectivity index is 1.71. The number of methoxy groups -OCH3 is 2. The van der Waals surface area contributed by atoms with E-state index in [2.05, 4.69) is 10.4 Å². The summed E-state index contributed by atoms with van der Waals surface area (Å²) in [6.45, 7) is 1.49. The fraction of sp³-hybridized carbons (Fsp3) is 0.412. The minimum absolute atomic E-state index is 0.237. The SMILES string of the molecule is COc1cc(OC)cc(C(=O)Nc2cnn(C3CCOCC3)c2)c1. The molecule has 7 nitrogen and oxygen atoms in total. The predicted molar refractivity (Wildman–Crippen MR) is 88.8 cm³/mol. The second kappa shape index (κ2) is 7.35. The summed E-state index contributed by atoms with van der Waals surface area (Å²) in [7, 11) is 3.10. The van der Waals surface area contributed by atoms with E-state index in [4.69, 9.17) is 14.2 Å². The zero-order chi connectivity index (χ0) is 16.9. The summed E-state index contributed by atoms with van der Waals surface area (Å²) in [5, 5.41) is 7.21. The molecule has 1 fully saturated rings. The average molecular weight is 331 g/mol. The molecule has 2 heterocycles. The summed E-state index contributed by atoms with van der Waals surface area (Å²) < 4.78 is 17.6. The standard InChI is InChI=1S/C17H21N3O4/c1-22-15-7-12(8-16(9-15)23-2)17(21)19-13-10-18-20(11-13)14-3-5-24-6-4-14/h7-11,14H,3-6H2,1-2H3,(H,19,21). The second-order valence-electron chi connectivity index (χ2n) is 5.61. The number of amides is 1.